The fraction of sp³-hybridized carbons (Fsp3) is 0.333. The first-order chi connectivity index (χ1) is 9.40. The van der Waals surface area contributed by atoms with Crippen LogP contribution in [0.5, 0.6) is 0 Å². The van der Waals surface area contributed by atoms with Crippen LogP contribution in [0, 0.1) is 0 Å². The zero-order valence-corrected chi connectivity index (χ0v) is 11.1. The Morgan fingerprint density at radius 2 is 2.05 bits per heavy atom. The number of hydrogen-bond acceptors (Lipinski definition) is 5. The standard InChI is InChI=1S/C12H12N2O5S/c15-7-5-9(12(16)17)14(6-7)11-8-3-1-2-4-10(8)20(18,19)13-11/h1-4,7,9,15H,5-6H2,(H,16,17). The number of fused-ring (bicyclic) bond motifs is 1. The molecule has 1 fully saturated rings. The largest absolute Gasteiger partial charge is 0.480 e. The lowest BCUT2D eigenvalue weighted by Crippen LogP contribution is -2.40. The molecular weight excluding hydrogens is 284 g/mol. The molecule has 2 heterocycles. The molecule has 2 N–H and O–H groups in total. The van der Waals surface area contributed by atoms with E-state index in [0.717, 1.165) is 0 Å². The molecule has 0 spiro atoms. The number of carboxylic acids is 1. The van der Waals surface area contributed by atoms with Crippen molar-refractivity contribution >= 4 is 21.8 Å². The van der Waals surface area contributed by atoms with Gasteiger partial charge in [0.05, 0.1) is 6.10 Å². The summed E-state index contributed by atoms with van der Waals surface area (Å²) in [5.74, 6) is -1.00. The lowest BCUT2D eigenvalue weighted by molar-refractivity contribution is -0.141. The fourth-order valence-corrected chi connectivity index (χ4v) is 3.79. The Bertz CT molecular complexity index is 712. The first-order valence-corrected chi connectivity index (χ1v) is 7.46. The van der Waals surface area contributed by atoms with Gasteiger partial charge in [0.2, 0.25) is 0 Å². The lowest BCUT2D eigenvalue weighted by Gasteiger charge is -2.22. The maximum Gasteiger partial charge on any atom is 0.326 e. The van der Waals surface area contributed by atoms with E-state index < -0.39 is 28.1 Å². The highest BCUT2D eigenvalue weighted by atomic mass is 32.2. The first-order valence-electron chi connectivity index (χ1n) is 6.02. The third-order valence-corrected chi connectivity index (χ3v) is 4.77. The minimum absolute atomic E-state index is 0.0522. The van der Waals surface area contributed by atoms with Crippen molar-refractivity contribution in [1.82, 2.24) is 4.90 Å². The lowest BCUT2D eigenvalue weighted by atomic mass is 10.1. The van der Waals surface area contributed by atoms with Gasteiger partial charge in [0.25, 0.3) is 10.0 Å². The second kappa shape index (κ2) is 4.29. The molecule has 2 atom stereocenters. The number of hydrogen-bond donors (Lipinski definition) is 2. The summed E-state index contributed by atoms with van der Waals surface area (Å²) in [4.78, 5) is 12.6. The zero-order valence-electron chi connectivity index (χ0n) is 10.3. The van der Waals surface area contributed by atoms with Crippen molar-refractivity contribution in [1.29, 1.82) is 0 Å². The van der Waals surface area contributed by atoms with E-state index in [1.807, 2.05) is 0 Å². The predicted octanol–water partition coefficient (Wildman–Crippen LogP) is -0.345. The molecule has 3 rings (SSSR count). The summed E-state index contributed by atoms with van der Waals surface area (Å²) in [6, 6.07) is 5.30. The van der Waals surface area contributed by atoms with Crippen LogP contribution in [0.4, 0.5) is 0 Å². The highest BCUT2D eigenvalue weighted by Crippen LogP contribution is 2.31. The van der Waals surface area contributed by atoms with Crippen LogP contribution < -0.4 is 0 Å². The van der Waals surface area contributed by atoms with Crippen LogP contribution in [0.3, 0.4) is 0 Å². The molecule has 0 radical (unpaired) electrons. The Balaban J connectivity index is 2.10. The second-order valence-corrected chi connectivity index (χ2v) is 6.35. The number of rotatable bonds is 1. The van der Waals surface area contributed by atoms with Gasteiger partial charge in [0.15, 0.2) is 5.84 Å². The zero-order chi connectivity index (χ0) is 14.5. The highest BCUT2D eigenvalue weighted by molar-refractivity contribution is 7.90. The van der Waals surface area contributed by atoms with Crippen molar-refractivity contribution in [2.75, 3.05) is 6.54 Å². The van der Waals surface area contributed by atoms with Crippen molar-refractivity contribution < 1.29 is 23.4 Å². The molecule has 0 amide bonds. The van der Waals surface area contributed by atoms with Gasteiger partial charge in [-0.1, -0.05) is 12.1 Å². The molecule has 2 aliphatic heterocycles. The normalized spacial score (nSPS) is 27.2. The smallest absolute Gasteiger partial charge is 0.326 e. The molecule has 2 unspecified atom stereocenters. The van der Waals surface area contributed by atoms with E-state index in [-0.39, 0.29) is 23.7 Å². The number of likely N-dealkylation sites (tertiary alicyclic amines) is 1. The molecule has 0 bridgehead atoms. The molecule has 106 valence electrons. The van der Waals surface area contributed by atoms with Crippen molar-refractivity contribution in [3.8, 4) is 0 Å². The van der Waals surface area contributed by atoms with E-state index >= 15 is 0 Å². The summed E-state index contributed by atoms with van der Waals surface area (Å²) >= 11 is 0. The van der Waals surface area contributed by atoms with E-state index in [4.69, 9.17) is 0 Å². The van der Waals surface area contributed by atoms with Crippen LogP contribution in [0.15, 0.2) is 33.6 Å². The number of aliphatic hydroxyl groups is 1. The highest BCUT2D eigenvalue weighted by Gasteiger charge is 2.42. The second-order valence-electron chi connectivity index (χ2n) is 4.78. The molecule has 0 aromatic heterocycles. The summed E-state index contributed by atoms with van der Waals surface area (Å²) in [5, 5.41) is 18.8. The van der Waals surface area contributed by atoms with Gasteiger partial charge < -0.3 is 15.1 Å². The summed E-state index contributed by atoms with van der Waals surface area (Å²) in [7, 11) is -3.79. The minimum atomic E-state index is -3.79. The van der Waals surface area contributed by atoms with Crippen LogP contribution in [0.25, 0.3) is 0 Å². The van der Waals surface area contributed by atoms with Gasteiger partial charge in [0.1, 0.15) is 10.9 Å². The number of β-amino-alcohol motifs (C(OH)–C–C–N with tert-alkyl or cyclic N) is 1. The molecule has 0 saturated carbocycles. The van der Waals surface area contributed by atoms with E-state index in [1.54, 1.807) is 18.2 Å². The Morgan fingerprint density at radius 1 is 1.35 bits per heavy atom. The number of carbonyl (C=O) groups is 1. The number of aliphatic hydroxyl groups excluding tert-OH is 1. The molecule has 20 heavy (non-hydrogen) atoms. The number of aliphatic carboxylic acids is 1. The first kappa shape index (κ1) is 13.1. The molecular formula is C12H12N2O5S. The van der Waals surface area contributed by atoms with E-state index in [0.29, 0.717) is 5.56 Å². The molecule has 0 aliphatic carbocycles. The van der Waals surface area contributed by atoms with Gasteiger partial charge >= 0.3 is 5.97 Å². The van der Waals surface area contributed by atoms with Crippen LogP contribution in [0.2, 0.25) is 0 Å². The van der Waals surface area contributed by atoms with Gasteiger partial charge in [0, 0.05) is 18.5 Å². The van der Waals surface area contributed by atoms with Gasteiger partial charge in [-0.15, -0.1) is 4.40 Å². The molecule has 1 aromatic carbocycles. The Labute approximate surface area is 115 Å². The number of nitrogens with zero attached hydrogens (tertiary/aromatic N) is 2. The predicted molar refractivity (Wildman–Crippen MR) is 68.9 cm³/mol. The van der Waals surface area contributed by atoms with Gasteiger partial charge in [-0.25, -0.2) is 4.79 Å². The summed E-state index contributed by atoms with van der Waals surface area (Å²) < 4.78 is 27.6. The van der Waals surface area contributed by atoms with Gasteiger partial charge in [-0.2, -0.15) is 8.42 Å². The third-order valence-electron chi connectivity index (χ3n) is 3.45. The third kappa shape index (κ3) is 1.88. The van der Waals surface area contributed by atoms with E-state index in [2.05, 4.69) is 4.40 Å². The monoisotopic (exact) mass is 296 g/mol. The van der Waals surface area contributed by atoms with Crippen LogP contribution >= 0.6 is 0 Å². The van der Waals surface area contributed by atoms with Crippen LogP contribution in [-0.2, 0) is 14.8 Å². The maximum atomic E-state index is 12.0. The average Bonchev–Trinajstić information content (AvgIpc) is 2.89. The fourth-order valence-electron chi connectivity index (χ4n) is 2.58. The molecule has 1 saturated heterocycles. The van der Waals surface area contributed by atoms with Crippen molar-refractivity contribution in [3.05, 3.63) is 29.8 Å². The van der Waals surface area contributed by atoms with E-state index in [9.17, 15) is 23.4 Å². The minimum Gasteiger partial charge on any atom is -0.480 e. The summed E-state index contributed by atoms with van der Waals surface area (Å²) in [6.07, 6.45) is -0.759. The molecule has 7 nitrogen and oxygen atoms in total. The summed E-state index contributed by atoms with van der Waals surface area (Å²) in [5.41, 5.74) is 0.382. The maximum absolute atomic E-state index is 12.0. The van der Waals surface area contributed by atoms with Crippen molar-refractivity contribution in [2.24, 2.45) is 4.40 Å². The van der Waals surface area contributed by atoms with Gasteiger partial charge in [-0.05, 0) is 12.1 Å². The average molecular weight is 296 g/mol. The Kier molecular flexibility index (Phi) is 2.80. The number of carboxylic acid groups (broad SMARTS) is 1. The van der Waals surface area contributed by atoms with Gasteiger partial charge in [-0.3, -0.25) is 0 Å². The number of amidine groups is 1. The van der Waals surface area contributed by atoms with Crippen molar-refractivity contribution in [2.45, 2.75) is 23.5 Å². The Hall–Kier alpha value is -1.93. The van der Waals surface area contributed by atoms with Crippen LogP contribution in [-0.4, -0.2) is 54.0 Å². The molecule has 1 aromatic rings. The molecule has 2 aliphatic rings. The quantitative estimate of drug-likeness (QED) is 0.734. The summed E-state index contributed by atoms with van der Waals surface area (Å²) in [6.45, 7) is 0.0552. The number of sulfonamides is 1. The van der Waals surface area contributed by atoms with E-state index in [1.165, 1.54) is 11.0 Å². The van der Waals surface area contributed by atoms with Crippen LogP contribution in [0.1, 0.15) is 12.0 Å². The SMILES string of the molecule is O=C(O)C1CC(O)CN1C1=NS(=O)(=O)c2ccccc21. The topological polar surface area (TPSA) is 107 Å². The molecule has 8 heteroatoms. The number of benzene rings is 1. The van der Waals surface area contributed by atoms with Crippen molar-refractivity contribution in [3.63, 3.8) is 0 Å². The Morgan fingerprint density at radius 3 is 2.75 bits per heavy atom.